The number of furan rings is 1. The quantitative estimate of drug-likeness (QED) is 0.882. The summed E-state index contributed by atoms with van der Waals surface area (Å²) in [7, 11) is 3.13. The zero-order valence-electron chi connectivity index (χ0n) is 9.71. The summed E-state index contributed by atoms with van der Waals surface area (Å²) < 4.78 is 15.5. The second kappa shape index (κ2) is 4.93. The lowest BCUT2D eigenvalue weighted by Crippen LogP contribution is -1.99. The maximum Gasteiger partial charge on any atom is 0.137 e. The normalized spacial score (nSPS) is 12.2. The third-order valence-corrected chi connectivity index (χ3v) is 2.50. The molecule has 2 rings (SSSR count). The molecule has 0 aliphatic rings. The Bertz CT molecular complexity index is 454. The van der Waals surface area contributed by atoms with Crippen molar-refractivity contribution < 1.29 is 19.0 Å². The van der Waals surface area contributed by atoms with Gasteiger partial charge in [-0.3, -0.25) is 0 Å². The largest absolute Gasteiger partial charge is 0.497 e. The minimum atomic E-state index is -0.825. The van der Waals surface area contributed by atoms with Gasteiger partial charge in [0, 0.05) is 6.07 Å². The van der Waals surface area contributed by atoms with Crippen LogP contribution in [-0.2, 0) is 0 Å². The average molecular weight is 234 g/mol. The van der Waals surface area contributed by atoms with Crippen LogP contribution in [0.25, 0.3) is 0 Å². The molecule has 0 spiro atoms. The highest BCUT2D eigenvalue weighted by molar-refractivity contribution is 5.41. The summed E-state index contributed by atoms with van der Waals surface area (Å²) in [5.74, 6) is 1.75. The Morgan fingerprint density at radius 1 is 1.12 bits per heavy atom. The molecule has 1 unspecified atom stereocenters. The van der Waals surface area contributed by atoms with Crippen LogP contribution < -0.4 is 9.47 Å². The number of hydrogen-bond donors (Lipinski definition) is 1. The number of methoxy groups -OCH3 is 2. The van der Waals surface area contributed by atoms with Crippen LogP contribution in [0.1, 0.15) is 17.4 Å². The molecule has 0 saturated heterocycles. The van der Waals surface area contributed by atoms with E-state index in [2.05, 4.69) is 0 Å². The summed E-state index contributed by atoms with van der Waals surface area (Å²) in [5.41, 5.74) is 0.663. The Hall–Kier alpha value is -1.94. The van der Waals surface area contributed by atoms with E-state index >= 15 is 0 Å². The molecule has 4 nitrogen and oxygen atoms in total. The monoisotopic (exact) mass is 234 g/mol. The summed E-state index contributed by atoms with van der Waals surface area (Å²) >= 11 is 0. The first-order valence-electron chi connectivity index (χ1n) is 5.19. The van der Waals surface area contributed by atoms with Gasteiger partial charge < -0.3 is 19.0 Å². The van der Waals surface area contributed by atoms with Crippen LogP contribution in [0.2, 0.25) is 0 Å². The fourth-order valence-corrected chi connectivity index (χ4v) is 1.60. The van der Waals surface area contributed by atoms with E-state index < -0.39 is 6.10 Å². The second-order valence-corrected chi connectivity index (χ2v) is 3.56. The molecule has 17 heavy (non-hydrogen) atoms. The van der Waals surface area contributed by atoms with Crippen molar-refractivity contribution in [2.24, 2.45) is 0 Å². The summed E-state index contributed by atoms with van der Waals surface area (Å²) in [5, 5.41) is 10.1. The Morgan fingerprint density at radius 2 is 1.76 bits per heavy atom. The van der Waals surface area contributed by atoms with E-state index in [-0.39, 0.29) is 0 Å². The molecule has 1 aromatic carbocycles. The van der Waals surface area contributed by atoms with Crippen molar-refractivity contribution in [2.45, 2.75) is 6.10 Å². The van der Waals surface area contributed by atoms with Gasteiger partial charge in [0.15, 0.2) is 0 Å². The van der Waals surface area contributed by atoms with Crippen molar-refractivity contribution in [3.05, 3.63) is 47.9 Å². The standard InChI is InChI=1S/C13H14O4/c1-15-10-6-9(7-11(8-10)16-2)13(14)12-4-3-5-17-12/h3-8,13-14H,1-2H3. The lowest BCUT2D eigenvalue weighted by molar-refractivity contribution is 0.188. The first-order chi connectivity index (χ1) is 8.24. The predicted octanol–water partition coefficient (Wildman–Crippen LogP) is 2.38. The topological polar surface area (TPSA) is 51.8 Å². The van der Waals surface area contributed by atoms with Gasteiger partial charge in [-0.25, -0.2) is 0 Å². The molecule has 0 amide bonds. The fourth-order valence-electron chi connectivity index (χ4n) is 1.60. The highest BCUT2D eigenvalue weighted by Gasteiger charge is 2.15. The number of ether oxygens (including phenoxy) is 2. The third-order valence-electron chi connectivity index (χ3n) is 2.50. The van der Waals surface area contributed by atoms with Gasteiger partial charge in [0.2, 0.25) is 0 Å². The van der Waals surface area contributed by atoms with Gasteiger partial charge in [-0.05, 0) is 29.8 Å². The van der Waals surface area contributed by atoms with Gasteiger partial charge in [-0.2, -0.15) is 0 Å². The van der Waals surface area contributed by atoms with E-state index in [9.17, 15) is 5.11 Å². The molecule has 0 bridgehead atoms. The lowest BCUT2D eigenvalue weighted by Gasteiger charge is -2.12. The minimum absolute atomic E-state index is 0.486. The number of aliphatic hydroxyl groups excluding tert-OH is 1. The fraction of sp³-hybridized carbons (Fsp3) is 0.231. The highest BCUT2D eigenvalue weighted by Crippen LogP contribution is 2.29. The van der Waals surface area contributed by atoms with Crippen molar-refractivity contribution >= 4 is 0 Å². The maximum atomic E-state index is 10.1. The molecule has 0 radical (unpaired) electrons. The van der Waals surface area contributed by atoms with E-state index in [1.807, 2.05) is 0 Å². The molecule has 4 heteroatoms. The molecule has 1 atom stereocenters. The van der Waals surface area contributed by atoms with E-state index in [4.69, 9.17) is 13.9 Å². The predicted molar refractivity (Wildman–Crippen MR) is 62.3 cm³/mol. The third kappa shape index (κ3) is 2.42. The van der Waals surface area contributed by atoms with Crippen LogP contribution in [0, 0.1) is 0 Å². The van der Waals surface area contributed by atoms with Gasteiger partial charge in [0.05, 0.1) is 20.5 Å². The van der Waals surface area contributed by atoms with E-state index in [1.165, 1.54) is 6.26 Å². The first-order valence-corrected chi connectivity index (χ1v) is 5.19. The van der Waals surface area contributed by atoms with Crippen LogP contribution >= 0.6 is 0 Å². The van der Waals surface area contributed by atoms with E-state index in [1.54, 1.807) is 44.6 Å². The van der Waals surface area contributed by atoms with E-state index in [0.29, 0.717) is 22.8 Å². The van der Waals surface area contributed by atoms with Crippen molar-refractivity contribution in [1.82, 2.24) is 0 Å². The average Bonchev–Trinajstić information content (AvgIpc) is 2.91. The Labute approximate surface area is 99.4 Å². The SMILES string of the molecule is COc1cc(OC)cc(C(O)c2ccco2)c1. The van der Waals surface area contributed by atoms with E-state index in [0.717, 1.165) is 0 Å². The Kier molecular flexibility index (Phi) is 3.35. The molecule has 90 valence electrons. The zero-order chi connectivity index (χ0) is 12.3. The van der Waals surface area contributed by atoms with Crippen LogP contribution in [0.5, 0.6) is 11.5 Å². The molecule has 2 aromatic rings. The molecule has 0 fully saturated rings. The van der Waals surface area contributed by atoms with Crippen molar-refractivity contribution in [2.75, 3.05) is 14.2 Å². The van der Waals surface area contributed by atoms with Crippen LogP contribution in [0.15, 0.2) is 41.0 Å². The number of aliphatic hydroxyl groups is 1. The highest BCUT2D eigenvalue weighted by atomic mass is 16.5. The van der Waals surface area contributed by atoms with Crippen LogP contribution in [-0.4, -0.2) is 19.3 Å². The molecule has 0 saturated carbocycles. The summed E-state index contributed by atoms with van der Waals surface area (Å²) in [6, 6.07) is 8.69. The second-order valence-electron chi connectivity index (χ2n) is 3.56. The molecule has 1 heterocycles. The van der Waals surface area contributed by atoms with Crippen LogP contribution in [0.3, 0.4) is 0 Å². The van der Waals surface area contributed by atoms with Gasteiger partial charge in [-0.15, -0.1) is 0 Å². The molecule has 1 aromatic heterocycles. The van der Waals surface area contributed by atoms with Crippen molar-refractivity contribution in [3.63, 3.8) is 0 Å². The minimum Gasteiger partial charge on any atom is -0.497 e. The summed E-state index contributed by atoms with van der Waals surface area (Å²) in [4.78, 5) is 0. The first kappa shape index (κ1) is 11.5. The van der Waals surface area contributed by atoms with Gasteiger partial charge in [0.1, 0.15) is 23.4 Å². The molecule has 0 aliphatic carbocycles. The van der Waals surface area contributed by atoms with Crippen molar-refractivity contribution in [1.29, 1.82) is 0 Å². The Balaban J connectivity index is 2.37. The molecule has 1 N–H and O–H groups in total. The van der Waals surface area contributed by atoms with Gasteiger partial charge in [0.25, 0.3) is 0 Å². The zero-order valence-corrected chi connectivity index (χ0v) is 9.71. The molecular weight excluding hydrogens is 220 g/mol. The molecular formula is C13H14O4. The number of hydrogen-bond acceptors (Lipinski definition) is 4. The summed E-state index contributed by atoms with van der Waals surface area (Å²) in [6.07, 6.45) is 0.699. The maximum absolute atomic E-state index is 10.1. The smallest absolute Gasteiger partial charge is 0.137 e. The van der Waals surface area contributed by atoms with Gasteiger partial charge >= 0.3 is 0 Å². The van der Waals surface area contributed by atoms with Gasteiger partial charge in [-0.1, -0.05) is 0 Å². The summed E-state index contributed by atoms with van der Waals surface area (Å²) in [6.45, 7) is 0. The lowest BCUT2D eigenvalue weighted by atomic mass is 10.1. The van der Waals surface area contributed by atoms with Crippen LogP contribution in [0.4, 0.5) is 0 Å². The van der Waals surface area contributed by atoms with Crippen molar-refractivity contribution in [3.8, 4) is 11.5 Å². The number of rotatable bonds is 4. The number of benzene rings is 1. The Morgan fingerprint density at radius 3 is 2.24 bits per heavy atom. The molecule has 0 aliphatic heterocycles.